The Morgan fingerprint density at radius 3 is 2.61 bits per heavy atom. The van der Waals surface area contributed by atoms with Gasteiger partial charge in [-0.1, -0.05) is 32.6 Å². The minimum Gasteiger partial charge on any atom is -0.469 e. The van der Waals surface area contributed by atoms with Crippen molar-refractivity contribution in [1.82, 2.24) is 0 Å². The number of unbranched alkanes of at least 4 members (excludes halogenated alkanes) is 3. The summed E-state index contributed by atoms with van der Waals surface area (Å²) < 4.78 is 4.65. The summed E-state index contributed by atoms with van der Waals surface area (Å²) in [6.07, 6.45) is 11.1. The third-order valence-corrected chi connectivity index (χ3v) is 5.34. The maximum Gasteiger partial charge on any atom is 0.305 e. The van der Waals surface area contributed by atoms with Gasteiger partial charge in [0.05, 0.1) is 19.3 Å². The van der Waals surface area contributed by atoms with Crippen LogP contribution in [-0.4, -0.2) is 35.5 Å². The van der Waals surface area contributed by atoms with Crippen molar-refractivity contribution in [3.63, 3.8) is 0 Å². The summed E-state index contributed by atoms with van der Waals surface area (Å²) in [5.41, 5.74) is 0. The van der Waals surface area contributed by atoms with Crippen molar-refractivity contribution >= 4 is 5.97 Å². The Hall–Kier alpha value is -0.610. The lowest BCUT2D eigenvalue weighted by Crippen LogP contribution is -2.20. The van der Waals surface area contributed by atoms with Gasteiger partial charge in [-0.05, 0) is 56.8 Å². The fraction of sp³-hybridized carbons (Fsp3) is 0.947. The van der Waals surface area contributed by atoms with Gasteiger partial charge >= 0.3 is 5.97 Å². The molecule has 0 heterocycles. The van der Waals surface area contributed by atoms with Crippen molar-refractivity contribution in [1.29, 1.82) is 0 Å². The second-order valence-corrected chi connectivity index (χ2v) is 7.12. The van der Waals surface area contributed by atoms with Crippen LogP contribution in [-0.2, 0) is 9.53 Å². The van der Waals surface area contributed by atoms with E-state index in [-0.39, 0.29) is 18.2 Å². The van der Waals surface area contributed by atoms with E-state index < -0.39 is 0 Å². The van der Waals surface area contributed by atoms with Gasteiger partial charge in [-0.15, -0.1) is 0 Å². The van der Waals surface area contributed by atoms with Gasteiger partial charge in [-0.2, -0.15) is 0 Å². The second-order valence-electron chi connectivity index (χ2n) is 7.12. The first kappa shape index (κ1) is 20.4. The molecule has 1 unspecified atom stereocenters. The highest BCUT2D eigenvalue weighted by Crippen LogP contribution is 2.38. The average molecular weight is 328 g/mol. The largest absolute Gasteiger partial charge is 0.469 e. The van der Waals surface area contributed by atoms with Crippen molar-refractivity contribution in [2.75, 3.05) is 7.11 Å². The molecule has 4 heteroatoms. The minimum atomic E-state index is -0.199. The van der Waals surface area contributed by atoms with Crippen LogP contribution in [0.5, 0.6) is 0 Å². The fourth-order valence-corrected chi connectivity index (χ4v) is 3.85. The number of ether oxygens (including phenoxy) is 1. The van der Waals surface area contributed by atoms with Gasteiger partial charge in [0.25, 0.3) is 0 Å². The summed E-state index contributed by atoms with van der Waals surface area (Å²) >= 11 is 0. The zero-order valence-corrected chi connectivity index (χ0v) is 15.0. The molecule has 0 aliphatic heterocycles. The Morgan fingerprint density at radius 2 is 1.91 bits per heavy atom. The predicted octanol–water partition coefficient (Wildman–Crippen LogP) is 3.83. The lowest BCUT2D eigenvalue weighted by Gasteiger charge is -2.23. The van der Waals surface area contributed by atoms with Crippen molar-refractivity contribution < 1.29 is 19.7 Å². The number of hydrogen-bond acceptors (Lipinski definition) is 4. The third-order valence-electron chi connectivity index (χ3n) is 5.34. The van der Waals surface area contributed by atoms with Crippen LogP contribution >= 0.6 is 0 Å². The predicted molar refractivity (Wildman–Crippen MR) is 92.1 cm³/mol. The van der Waals surface area contributed by atoms with Gasteiger partial charge in [0.15, 0.2) is 0 Å². The van der Waals surface area contributed by atoms with Gasteiger partial charge in [0.2, 0.25) is 0 Å². The highest BCUT2D eigenvalue weighted by Gasteiger charge is 2.34. The van der Waals surface area contributed by atoms with Crippen LogP contribution in [0.4, 0.5) is 0 Å². The first-order valence-corrected chi connectivity index (χ1v) is 9.51. The number of methoxy groups -OCH3 is 1. The summed E-state index contributed by atoms with van der Waals surface area (Å²) in [5.74, 6) is 0.725. The molecule has 4 atom stereocenters. The fourth-order valence-electron chi connectivity index (χ4n) is 3.85. The number of aliphatic hydroxyl groups is 2. The number of carbonyl (C=O) groups excluding carboxylic acids is 1. The molecule has 1 saturated carbocycles. The maximum atomic E-state index is 11.1. The molecule has 1 aliphatic rings. The molecule has 0 radical (unpaired) electrons. The van der Waals surface area contributed by atoms with E-state index in [1.807, 2.05) is 0 Å². The molecule has 0 spiro atoms. The molecule has 1 fully saturated rings. The van der Waals surface area contributed by atoms with E-state index in [0.29, 0.717) is 18.3 Å². The molecule has 0 aromatic carbocycles. The molecule has 136 valence electrons. The van der Waals surface area contributed by atoms with Crippen molar-refractivity contribution in [2.45, 2.75) is 96.2 Å². The van der Waals surface area contributed by atoms with Crippen LogP contribution in [0, 0.1) is 11.8 Å². The zero-order chi connectivity index (χ0) is 17.1. The van der Waals surface area contributed by atoms with Crippen LogP contribution in [0.1, 0.15) is 84.0 Å². The standard InChI is InChI=1S/C19H36O4/c1-3-4-5-8-16(20)13-11-15-12-14-18(21)17(15)9-6-7-10-19(22)23-2/h15-18,20-21H,3-14H2,1-2H3/t15-,16?,17-,18+/m0/s1. The molecule has 1 aliphatic carbocycles. The zero-order valence-electron chi connectivity index (χ0n) is 15.0. The van der Waals surface area contributed by atoms with E-state index in [1.54, 1.807) is 0 Å². The number of aliphatic hydroxyl groups excluding tert-OH is 2. The Morgan fingerprint density at radius 1 is 1.13 bits per heavy atom. The Kier molecular flexibility index (Phi) is 10.5. The highest BCUT2D eigenvalue weighted by atomic mass is 16.5. The topological polar surface area (TPSA) is 66.8 Å². The number of hydrogen-bond donors (Lipinski definition) is 2. The Balaban J connectivity index is 2.23. The maximum absolute atomic E-state index is 11.1. The molecular weight excluding hydrogens is 292 g/mol. The van der Waals surface area contributed by atoms with E-state index in [2.05, 4.69) is 11.7 Å². The van der Waals surface area contributed by atoms with E-state index in [9.17, 15) is 15.0 Å². The van der Waals surface area contributed by atoms with Gasteiger partial charge in [-0.25, -0.2) is 0 Å². The summed E-state index contributed by atoms with van der Waals surface area (Å²) in [4.78, 5) is 11.1. The normalized spacial score (nSPS) is 25.5. The van der Waals surface area contributed by atoms with Crippen molar-refractivity contribution in [3.8, 4) is 0 Å². The van der Waals surface area contributed by atoms with Crippen LogP contribution in [0.3, 0.4) is 0 Å². The number of esters is 1. The lowest BCUT2D eigenvalue weighted by molar-refractivity contribution is -0.140. The molecule has 2 N–H and O–H groups in total. The number of rotatable bonds is 12. The minimum absolute atomic E-state index is 0.149. The molecule has 0 aromatic heterocycles. The second kappa shape index (κ2) is 11.9. The Labute approximate surface area is 141 Å². The first-order chi connectivity index (χ1) is 11.1. The molecule has 0 bridgehead atoms. The molecule has 0 saturated heterocycles. The van der Waals surface area contributed by atoms with Gasteiger partial charge in [-0.3, -0.25) is 4.79 Å². The molecule has 1 rings (SSSR count). The summed E-state index contributed by atoms with van der Waals surface area (Å²) in [7, 11) is 1.42. The van der Waals surface area contributed by atoms with Crippen LogP contribution < -0.4 is 0 Å². The molecule has 0 aromatic rings. The average Bonchev–Trinajstić information content (AvgIpc) is 2.89. The quantitative estimate of drug-likeness (QED) is 0.422. The SMILES string of the molecule is CCCCCC(O)CC[C@H]1CC[C@@H](O)[C@H]1CCCCC(=O)OC. The van der Waals surface area contributed by atoms with Crippen LogP contribution in [0.25, 0.3) is 0 Å². The molecule has 0 amide bonds. The molecule has 23 heavy (non-hydrogen) atoms. The van der Waals surface area contributed by atoms with Gasteiger partial charge in [0.1, 0.15) is 0 Å². The summed E-state index contributed by atoms with van der Waals surface area (Å²) in [6, 6.07) is 0. The van der Waals surface area contributed by atoms with Gasteiger partial charge in [0, 0.05) is 6.42 Å². The van der Waals surface area contributed by atoms with Crippen molar-refractivity contribution in [2.24, 2.45) is 11.8 Å². The van der Waals surface area contributed by atoms with Crippen LogP contribution in [0.15, 0.2) is 0 Å². The van der Waals surface area contributed by atoms with E-state index in [0.717, 1.165) is 57.8 Å². The highest BCUT2D eigenvalue weighted by molar-refractivity contribution is 5.68. The monoisotopic (exact) mass is 328 g/mol. The van der Waals surface area contributed by atoms with Gasteiger partial charge < -0.3 is 14.9 Å². The van der Waals surface area contributed by atoms with E-state index in [4.69, 9.17) is 0 Å². The van der Waals surface area contributed by atoms with E-state index in [1.165, 1.54) is 20.0 Å². The summed E-state index contributed by atoms with van der Waals surface area (Å²) in [6.45, 7) is 2.18. The van der Waals surface area contributed by atoms with E-state index >= 15 is 0 Å². The Bertz CT molecular complexity index is 318. The third kappa shape index (κ3) is 8.16. The number of carbonyl (C=O) groups is 1. The van der Waals surface area contributed by atoms with Crippen molar-refractivity contribution in [3.05, 3.63) is 0 Å². The lowest BCUT2D eigenvalue weighted by atomic mass is 9.85. The summed E-state index contributed by atoms with van der Waals surface area (Å²) in [5, 5.41) is 20.3. The molecule has 4 nitrogen and oxygen atoms in total. The smallest absolute Gasteiger partial charge is 0.305 e. The molecular formula is C19H36O4. The first-order valence-electron chi connectivity index (χ1n) is 9.51. The van der Waals surface area contributed by atoms with Crippen LogP contribution in [0.2, 0.25) is 0 Å².